The zero-order valence-corrected chi connectivity index (χ0v) is 8.42. The van der Waals surface area contributed by atoms with E-state index in [9.17, 15) is 4.79 Å². The van der Waals surface area contributed by atoms with Gasteiger partial charge in [-0.25, -0.2) is 0 Å². The van der Waals surface area contributed by atoms with Gasteiger partial charge in [0, 0.05) is 25.0 Å². The Kier molecular flexibility index (Phi) is 2.28. The highest BCUT2D eigenvalue weighted by Gasteiger charge is 2.38. The van der Waals surface area contributed by atoms with Crippen molar-refractivity contribution < 1.29 is 4.79 Å². The van der Waals surface area contributed by atoms with Gasteiger partial charge in [-0.3, -0.25) is 4.79 Å². The van der Waals surface area contributed by atoms with Crippen LogP contribution in [-0.2, 0) is 4.79 Å². The first kappa shape index (κ1) is 9.00. The lowest BCUT2D eigenvalue weighted by molar-refractivity contribution is -0.135. The van der Waals surface area contributed by atoms with E-state index in [4.69, 9.17) is 0 Å². The second-order valence-corrected chi connectivity index (χ2v) is 4.56. The van der Waals surface area contributed by atoms with E-state index < -0.39 is 0 Å². The molecule has 2 bridgehead atoms. The molecule has 3 nitrogen and oxygen atoms in total. The van der Waals surface area contributed by atoms with Gasteiger partial charge in [0.15, 0.2) is 0 Å². The molecule has 0 spiro atoms. The van der Waals surface area contributed by atoms with Gasteiger partial charge in [-0.2, -0.15) is 0 Å². The lowest BCUT2D eigenvalue weighted by Gasteiger charge is -2.26. The average Bonchev–Trinajstić information content (AvgIpc) is 2.40. The molecule has 1 amide bonds. The molecule has 0 radical (unpaired) electrons. The predicted octanol–water partition coefficient (Wildman–Crippen LogP) is 0.463. The van der Waals surface area contributed by atoms with Crippen LogP contribution in [0.25, 0.3) is 0 Å². The van der Waals surface area contributed by atoms with Crippen LogP contribution in [0.2, 0.25) is 0 Å². The molecular weight excluding hydrogens is 164 g/mol. The lowest BCUT2D eigenvalue weighted by Crippen LogP contribution is -2.43. The maximum absolute atomic E-state index is 11.8. The van der Waals surface area contributed by atoms with Crippen molar-refractivity contribution in [1.82, 2.24) is 10.2 Å². The predicted molar refractivity (Wildman–Crippen MR) is 51.3 cm³/mol. The van der Waals surface area contributed by atoms with Crippen molar-refractivity contribution >= 4 is 5.91 Å². The maximum atomic E-state index is 11.8. The number of nitrogens with one attached hydrogen (secondary N) is 1. The molecular formula is C10H18N2O. The van der Waals surface area contributed by atoms with Crippen LogP contribution in [0.4, 0.5) is 0 Å². The summed E-state index contributed by atoms with van der Waals surface area (Å²) in [6.07, 6.45) is 1.21. The Morgan fingerprint density at radius 3 is 2.85 bits per heavy atom. The molecule has 3 heteroatoms. The number of likely N-dealkylation sites (tertiary alicyclic amines) is 1. The fraction of sp³-hybridized carbons (Fsp3) is 0.900. The van der Waals surface area contributed by atoms with Crippen LogP contribution in [0.1, 0.15) is 20.3 Å². The first-order valence-electron chi connectivity index (χ1n) is 5.19. The van der Waals surface area contributed by atoms with Crippen molar-refractivity contribution in [3.8, 4) is 0 Å². The number of rotatable bonds is 1. The number of hydrogen-bond donors (Lipinski definition) is 1. The molecule has 74 valence electrons. The smallest absolute Gasteiger partial charge is 0.225 e. The Hall–Kier alpha value is -0.570. The van der Waals surface area contributed by atoms with Crippen LogP contribution in [0, 0.1) is 11.8 Å². The third-order valence-corrected chi connectivity index (χ3v) is 3.09. The largest absolute Gasteiger partial charge is 0.338 e. The van der Waals surface area contributed by atoms with Crippen molar-refractivity contribution in [2.45, 2.75) is 26.3 Å². The van der Waals surface area contributed by atoms with E-state index in [1.165, 1.54) is 6.42 Å². The average molecular weight is 182 g/mol. The van der Waals surface area contributed by atoms with Crippen molar-refractivity contribution in [3.05, 3.63) is 0 Å². The topological polar surface area (TPSA) is 32.3 Å². The van der Waals surface area contributed by atoms with E-state index >= 15 is 0 Å². The van der Waals surface area contributed by atoms with E-state index in [2.05, 4.69) is 10.2 Å². The van der Waals surface area contributed by atoms with Gasteiger partial charge in [0.05, 0.1) is 0 Å². The van der Waals surface area contributed by atoms with Gasteiger partial charge in [0.2, 0.25) is 5.91 Å². The summed E-state index contributed by atoms with van der Waals surface area (Å²) in [5.41, 5.74) is 0. The number of hydrogen-bond acceptors (Lipinski definition) is 2. The molecule has 2 fully saturated rings. The summed E-state index contributed by atoms with van der Waals surface area (Å²) in [5.74, 6) is 1.19. The summed E-state index contributed by atoms with van der Waals surface area (Å²) < 4.78 is 0. The van der Waals surface area contributed by atoms with E-state index in [0.29, 0.717) is 17.9 Å². The minimum atomic E-state index is 0.152. The van der Waals surface area contributed by atoms with Crippen LogP contribution >= 0.6 is 0 Å². The van der Waals surface area contributed by atoms with Crippen LogP contribution in [0.5, 0.6) is 0 Å². The molecule has 1 N–H and O–H groups in total. The molecule has 13 heavy (non-hydrogen) atoms. The molecule has 2 aliphatic heterocycles. The van der Waals surface area contributed by atoms with Gasteiger partial charge < -0.3 is 10.2 Å². The number of fused-ring (bicyclic) bond motifs is 2. The quantitative estimate of drug-likeness (QED) is 0.639. The van der Waals surface area contributed by atoms with Gasteiger partial charge in [0.25, 0.3) is 0 Å². The highest BCUT2D eigenvalue weighted by Crippen LogP contribution is 2.26. The van der Waals surface area contributed by atoms with E-state index in [-0.39, 0.29) is 5.92 Å². The molecule has 0 aromatic rings. The van der Waals surface area contributed by atoms with Gasteiger partial charge in [0.1, 0.15) is 0 Å². The van der Waals surface area contributed by atoms with E-state index in [1.54, 1.807) is 0 Å². The molecule has 0 aliphatic carbocycles. The van der Waals surface area contributed by atoms with Gasteiger partial charge in [-0.1, -0.05) is 13.8 Å². The minimum absolute atomic E-state index is 0.152. The molecule has 0 saturated carbocycles. The fourth-order valence-corrected chi connectivity index (χ4v) is 2.41. The first-order valence-corrected chi connectivity index (χ1v) is 5.19. The minimum Gasteiger partial charge on any atom is -0.338 e. The van der Waals surface area contributed by atoms with Crippen LogP contribution in [-0.4, -0.2) is 36.5 Å². The number of carbonyl (C=O) groups is 1. The highest BCUT2D eigenvalue weighted by atomic mass is 16.2. The molecule has 2 aliphatic rings. The van der Waals surface area contributed by atoms with E-state index in [1.807, 2.05) is 13.8 Å². The number of piperidine rings is 1. The molecule has 2 unspecified atom stereocenters. The fourth-order valence-electron chi connectivity index (χ4n) is 2.41. The molecule has 2 heterocycles. The summed E-state index contributed by atoms with van der Waals surface area (Å²) >= 11 is 0. The zero-order valence-electron chi connectivity index (χ0n) is 8.42. The van der Waals surface area contributed by atoms with Crippen molar-refractivity contribution in [3.63, 3.8) is 0 Å². The summed E-state index contributed by atoms with van der Waals surface area (Å²) in [6, 6.07) is 0.480. The Morgan fingerprint density at radius 1 is 1.46 bits per heavy atom. The highest BCUT2D eigenvalue weighted by molar-refractivity contribution is 5.78. The Bertz CT molecular complexity index is 215. The van der Waals surface area contributed by atoms with Gasteiger partial charge >= 0.3 is 0 Å². The molecule has 0 aromatic heterocycles. The maximum Gasteiger partial charge on any atom is 0.225 e. The van der Waals surface area contributed by atoms with Crippen LogP contribution in [0.15, 0.2) is 0 Å². The number of nitrogens with zero attached hydrogens (tertiary/aromatic N) is 1. The zero-order chi connectivity index (χ0) is 9.42. The third-order valence-electron chi connectivity index (χ3n) is 3.09. The second kappa shape index (κ2) is 3.29. The van der Waals surface area contributed by atoms with Crippen LogP contribution < -0.4 is 5.32 Å². The lowest BCUT2D eigenvalue weighted by atomic mass is 10.0. The third kappa shape index (κ3) is 1.57. The summed E-state index contributed by atoms with van der Waals surface area (Å²) in [5, 5.41) is 3.38. The molecule has 2 rings (SSSR count). The Balaban J connectivity index is 2.04. The summed E-state index contributed by atoms with van der Waals surface area (Å²) in [6.45, 7) is 7.04. The Morgan fingerprint density at radius 2 is 2.23 bits per heavy atom. The standard InChI is InChI=1S/C10H18N2O/c1-7(2)10(13)12-6-8-3-9(12)5-11-4-8/h7-9,11H,3-6H2,1-2H3. The summed E-state index contributed by atoms with van der Waals surface area (Å²) in [4.78, 5) is 13.9. The number of carbonyl (C=O) groups excluding carboxylic acids is 1. The Labute approximate surface area is 79.5 Å². The summed E-state index contributed by atoms with van der Waals surface area (Å²) in [7, 11) is 0. The normalized spacial score (nSPS) is 32.7. The van der Waals surface area contributed by atoms with Gasteiger partial charge in [-0.15, -0.1) is 0 Å². The first-order chi connectivity index (χ1) is 6.18. The molecule has 2 saturated heterocycles. The molecule has 2 atom stereocenters. The van der Waals surface area contributed by atoms with Crippen molar-refractivity contribution in [2.24, 2.45) is 11.8 Å². The van der Waals surface area contributed by atoms with Gasteiger partial charge in [-0.05, 0) is 18.9 Å². The molecule has 0 aromatic carbocycles. The monoisotopic (exact) mass is 182 g/mol. The van der Waals surface area contributed by atoms with Crippen molar-refractivity contribution in [2.75, 3.05) is 19.6 Å². The van der Waals surface area contributed by atoms with Crippen LogP contribution in [0.3, 0.4) is 0 Å². The van der Waals surface area contributed by atoms with Crippen molar-refractivity contribution in [1.29, 1.82) is 0 Å². The number of amides is 1. The second-order valence-electron chi connectivity index (χ2n) is 4.56. The van der Waals surface area contributed by atoms with E-state index in [0.717, 1.165) is 19.6 Å². The SMILES string of the molecule is CC(C)C(=O)N1CC2CNCC1C2.